The molecule has 0 bridgehead atoms. The lowest BCUT2D eigenvalue weighted by molar-refractivity contribution is -0.141. The minimum Gasteiger partial charge on any atom is -0.481 e. The summed E-state index contributed by atoms with van der Waals surface area (Å²) in [6, 6.07) is 6.01. The molecule has 1 heterocycles. The lowest BCUT2D eigenvalue weighted by Crippen LogP contribution is -2.32. The number of aliphatic carboxylic acids is 1. The highest BCUT2D eigenvalue weighted by Crippen LogP contribution is 2.27. The molecule has 0 radical (unpaired) electrons. The highest BCUT2D eigenvalue weighted by molar-refractivity contribution is 5.94. The van der Waals surface area contributed by atoms with Crippen LogP contribution in [0.15, 0.2) is 18.2 Å². The summed E-state index contributed by atoms with van der Waals surface area (Å²) in [4.78, 5) is 25.1. The molecule has 1 saturated heterocycles. The van der Waals surface area contributed by atoms with E-state index in [0.717, 1.165) is 16.8 Å². The predicted octanol–water partition coefficient (Wildman–Crippen LogP) is 2.46. The van der Waals surface area contributed by atoms with Gasteiger partial charge in [-0.1, -0.05) is 32.0 Å². The van der Waals surface area contributed by atoms with Crippen LogP contribution in [0, 0.1) is 12.8 Å². The lowest BCUT2D eigenvalue weighted by atomic mass is 9.98. The summed E-state index contributed by atoms with van der Waals surface area (Å²) in [7, 11) is 0. The molecular formula is C17H24N2O3. The SMILES string of the molecule is Cc1cccc(C(C)C)c1NC(=O)CN1CCC(C(=O)O)C1. The monoisotopic (exact) mass is 304 g/mol. The third-order valence-corrected chi connectivity index (χ3v) is 4.18. The summed E-state index contributed by atoms with van der Waals surface area (Å²) in [6.07, 6.45) is 0.615. The number of hydrogen-bond donors (Lipinski definition) is 2. The third kappa shape index (κ3) is 3.85. The molecule has 22 heavy (non-hydrogen) atoms. The van der Waals surface area contributed by atoms with E-state index >= 15 is 0 Å². The van der Waals surface area contributed by atoms with Crippen molar-refractivity contribution in [2.45, 2.75) is 33.1 Å². The van der Waals surface area contributed by atoms with Crippen molar-refractivity contribution in [1.29, 1.82) is 0 Å². The van der Waals surface area contributed by atoms with Crippen LogP contribution in [0.2, 0.25) is 0 Å². The van der Waals surface area contributed by atoms with Gasteiger partial charge in [0.2, 0.25) is 5.91 Å². The van der Waals surface area contributed by atoms with E-state index in [1.165, 1.54) is 0 Å². The molecule has 0 aromatic heterocycles. The van der Waals surface area contributed by atoms with E-state index in [4.69, 9.17) is 5.11 Å². The fraction of sp³-hybridized carbons (Fsp3) is 0.529. The second-order valence-electron chi connectivity index (χ2n) is 6.30. The number of anilines is 1. The maximum absolute atomic E-state index is 12.3. The Balaban J connectivity index is 2.00. The van der Waals surface area contributed by atoms with Crippen LogP contribution in [0.25, 0.3) is 0 Å². The molecule has 1 unspecified atom stereocenters. The first-order chi connectivity index (χ1) is 10.4. The number of nitrogens with one attached hydrogen (secondary N) is 1. The fourth-order valence-electron chi connectivity index (χ4n) is 2.90. The second-order valence-corrected chi connectivity index (χ2v) is 6.30. The summed E-state index contributed by atoms with van der Waals surface area (Å²) in [6.45, 7) is 7.54. The molecule has 1 aliphatic heterocycles. The predicted molar refractivity (Wildman–Crippen MR) is 86.1 cm³/mol. The van der Waals surface area contributed by atoms with Crippen LogP contribution < -0.4 is 5.32 Å². The first-order valence-electron chi connectivity index (χ1n) is 7.73. The summed E-state index contributed by atoms with van der Waals surface area (Å²) < 4.78 is 0. The molecule has 1 fully saturated rings. The van der Waals surface area contributed by atoms with Crippen LogP contribution >= 0.6 is 0 Å². The van der Waals surface area contributed by atoms with Crippen molar-refractivity contribution >= 4 is 17.6 Å². The van der Waals surface area contributed by atoms with Gasteiger partial charge in [0.05, 0.1) is 12.5 Å². The largest absolute Gasteiger partial charge is 0.481 e. The topological polar surface area (TPSA) is 69.6 Å². The van der Waals surface area contributed by atoms with Crippen LogP contribution in [0.5, 0.6) is 0 Å². The Bertz CT molecular complexity index is 569. The van der Waals surface area contributed by atoms with Crippen molar-refractivity contribution in [3.8, 4) is 0 Å². The molecule has 120 valence electrons. The molecule has 1 aliphatic rings. The molecule has 2 N–H and O–H groups in total. The fourth-order valence-corrected chi connectivity index (χ4v) is 2.90. The number of hydrogen-bond acceptors (Lipinski definition) is 3. The van der Waals surface area contributed by atoms with Gasteiger partial charge >= 0.3 is 5.97 Å². The van der Waals surface area contributed by atoms with E-state index in [1.807, 2.05) is 30.0 Å². The van der Waals surface area contributed by atoms with E-state index in [2.05, 4.69) is 19.2 Å². The second kappa shape index (κ2) is 6.92. The van der Waals surface area contributed by atoms with E-state index in [-0.39, 0.29) is 18.4 Å². The average molecular weight is 304 g/mol. The molecule has 1 aromatic carbocycles. The van der Waals surface area contributed by atoms with Gasteiger partial charge in [-0.15, -0.1) is 0 Å². The van der Waals surface area contributed by atoms with Gasteiger partial charge in [0.25, 0.3) is 0 Å². The maximum atomic E-state index is 12.3. The number of carboxylic acids is 1. The third-order valence-electron chi connectivity index (χ3n) is 4.18. The van der Waals surface area contributed by atoms with Crippen LogP contribution in [-0.2, 0) is 9.59 Å². The maximum Gasteiger partial charge on any atom is 0.307 e. The van der Waals surface area contributed by atoms with Crippen LogP contribution in [0.3, 0.4) is 0 Å². The molecule has 1 aromatic rings. The van der Waals surface area contributed by atoms with Crippen LogP contribution in [0.4, 0.5) is 5.69 Å². The highest BCUT2D eigenvalue weighted by Gasteiger charge is 2.29. The number of carboxylic acid groups (broad SMARTS) is 1. The van der Waals surface area contributed by atoms with Crippen molar-refractivity contribution in [3.63, 3.8) is 0 Å². The molecule has 0 saturated carbocycles. The number of carbonyl (C=O) groups is 2. The normalized spacial score (nSPS) is 18.6. The Kier molecular flexibility index (Phi) is 5.19. The van der Waals surface area contributed by atoms with Crippen molar-refractivity contribution < 1.29 is 14.7 Å². The van der Waals surface area contributed by atoms with Gasteiger partial charge in [-0.05, 0) is 36.9 Å². The molecule has 1 amide bonds. The van der Waals surface area contributed by atoms with Gasteiger partial charge in [-0.25, -0.2) is 0 Å². The van der Waals surface area contributed by atoms with Gasteiger partial charge < -0.3 is 10.4 Å². The Morgan fingerprint density at radius 1 is 1.41 bits per heavy atom. The van der Waals surface area contributed by atoms with E-state index < -0.39 is 5.97 Å². The summed E-state index contributed by atoms with van der Waals surface area (Å²) in [5.74, 6) is -0.873. The summed E-state index contributed by atoms with van der Waals surface area (Å²) >= 11 is 0. The minimum absolute atomic E-state index is 0.0813. The number of carbonyl (C=O) groups excluding carboxylic acids is 1. The zero-order valence-corrected chi connectivity index (χ0v) is 13.4. The molecule has 5 heteroatoms. The van der Waals surface area contributed by atoms with Gasteiger partial charge in [0.15, 0.2) is 0 Å². The first-order valence-corrected chi connectivity index (χ1v) is 7.73. The van der Waals surface area contributed by atoms with Crippen LogP contribution in [0.1, 0.15) is 37.3 Å². The van der Waals surface area contributed by atoms with Crippen molar-refractivity contribution in [3.05, 3.63) is 29.3 Å². The average Bonchev–Trinajstić information content (AvgIpc) is 2.89. The summed E-state index contributed by atoms with van der Waals surface area (Å²) in [5, 5.41) is 12.0. The number of likely N-dealkylation sites (tertiary alicyclic amines) is 1. The number of aryl methyl sites for hydroxylation is 1. The van der Waals surface area contributed by atoms with Gasteiger partial charge in [-0.2, -0.15) is 0 Å². The van der Waals surface area contributed by atoms with Crippen LogP contribution in [-0.4, -0.2) is 41.5 Å². The molecule has 0 spiro atoms. The highest BCUT2D eigenvalue weighted by atomic mass is 16.4. The molecule has 2 rings (SSSR count). The number of benzene rings is 1. The molecule has 5 nitrogen and oxygen atoms in total. The molecule has 1 atom stereocenters. The van der Waals surface area contributed by atoms with Gasteiger partial charge in [0.1, 0.15) is 0 Å². The van der Waals surface area contributed by atoms with Crippen molar-refractivity contribution in [1.82, 2.24) is 4.90 Å². The van der Waals surface area contributed by atoms with Gasteiger partial charge in [-0.3, -0.25) is 14.5 Å². The zero-order chi connectivity index (χ0) is 16.3. The van der Waals surface area contributed by atoms with Crippen molar-refractivity contribution in [2.24, 2.45) is 5.92 Å². The van der Waals surface area contributed by atoms with E-state index in [9.17, 15) is 9.59 Å². The minimum atomic E-state index is -0.774. The number of amides is 1. The Hall–Kier alpha value is -1.88. The number of nitrogens with zero attached hydrogens (tertiary/aromatic N) is 1. The quantitative estimate of drug-likeness (QED) is 0.876. The Morgan fingerprint density at radius 3 is 2.73 bits per heavy atom. The lowest BCUT2D eigenvalue weighted by Gasteiger charge is -2.19. The first kappa shape index (κ1) is 16.5. The Labute approximate surface area is 131 Å². The standard InChI is InChI=1S/C17H24N2O3/c1-11(2)14-6-4-5-12(3)16(14)18-15(20)10-19-8-7-13(9-19)17(21)22/h4-6,11,13H,7-10H2,1-3H3,(H,18,20)(H,21,22). The van der Waals surface area contributed by atoms with Gasteiger partial charge in [0, 0.05) is 12.2 Å². The van der Waals surface area contributed by atoms with E-state index in [1.54, 1.807) is 0 Å². The molecule has 0 aliphatic carbocycles. The number of para-hydroxylation sites is 1. The summed E-state index contributed by atoms with van der Waals surface area (Å²) in [5.41, 5.74) is 3.05. The molecular weight excluding hydrogens is 280 g/mol. The number of rotatable bonds is 5. The zero-order valence-electron chi connectivity index (χ0n) is 13.4. The van der Waals surface area contributed by atoms with E-state index in [0.29, 0.717) is 25.4 Å². The van der Waals surface area contributed by atoms with Crippen molar-refractivity contribution in [2.75, 3.05) is 25.0 Å². The smallest absolute Gasteiger partial charge is 0.307 e. The Morgan fingerprint density at radius 2 is 2.14 bits per heavy atom.